The number of aromatic nitrogens is 1. The highest BCUT2D eigenvalue weighted by Crippen LogP contribution is 2.26. The van der Waals surface area contributed by atoms with Crippen LogP contribution in [0, 0.1) is 0 Å². The van der Waals surface area contributed by atoms with E-state index in [9.17, 15) is 14.4 Å². The van der Waals surface area contributed by atoms with Gasteiger partial charge in [-0.05, 0) is 18.2 Å². The van der Waals surface area contributed by atoms with Crippen molar-refractivity contribution in [3.05, 3.63) is 65.5 Å². The molecule has 0 unspecified atom stereocenters. The van der Waals surface area contributed by atoms with Gasteiger partial charge in [0.25, 0.3) is 5.91 Å². The predicted octanol–water partition coefficient (Wildman–Crippen LogP) is 3.72. The molecule has 134 valence electrons. The maximum Gasteiger partial charge on any atom is 0.257 e. The highest BCUT2D eigenvalue weighted by Gasteiger charge is 2.30. The van der Waals surface area contributed by atoms with E-state index in [4.69, 9.17) is 0 Å². The molecular formula is C20H15N3O3S. The molecule has 6 nitrogen and oxygen atoms in total. The summed E-state index contributed by atoms with van der Waals surface area (Å²) in [4.78, 5) is 41.9. The van der Waals surface area contributed by atoms with E-state index < -0.39 is 0 Å². The fraction of sp³-hybridized carbons (Fsp3) is 0.100. The molecule has 7 heteroatoms. The van der Waals surface area contributed by atoms with Crippen LogP contribution in [0.5, 0.6) is 0 Å². The summed E-state index contributed by atoms with van der Waals surface area (Å²) in [5.41, 5.74) is 2.54. The molecule has 1 aliphatic heterocycles. The molecule has 3 aromatic rings. The highest BCUT2D eigenvalue weighted by atomic mass is 32.1. The minimum atomic E-state index is -0.343. The van der Waals surface area contributed by atoms with Crippen molar-refractivity contribution in [3.63, 3.8) is 0 Å². The largest absolute Gasteiger partial charge is 0.298 e. The number of benzene rings is 2. The molecule has 0 bridgehead atoms. The van der Waals surface area contributed by atoms with Gasteiger partial charge in [0.05, 0.1) is 11.4 Å². The fourth-order valence-corrected chi connectivity index (χ4v) is 3.61. The summed E-state index contributed by atoms with van der Waals surface area (Å²) < 4.78 is 0. The molecule has 0 aliphatic carbocycles. The Hall–Kier alpha value is -3.32. The van der Waals surface area contributed by atoms with Crippen LogP contribution in [0.15, 0.2) is 60.0 Å². The Morgan fingerprint density at radius 2 is 1.74 bits per heavy atom. The monoisotopic (exact) mass is 377 g/mol. The Bertz CT molecular complexity index is 1010. The number of nitrogens with one attached hydrogen (secondary N) is 1. The fourth-order valence-electron chi connectivity index (χ4n) is 2.89. The number of nitrogens with zero attached hydrogens (tertiary/aromatic N) is 2. The second-order valence-corrected chi connectivity index (χ2v) is 6.89. The summed E-state index contributed by atoms with van der Waals surface area (Å²) in [5, 5.41) is 5.13. The van der Waals surface area contributed by atoms with Gasteiger partial charge in [-0.15, -0.1) is 11.3 Å². The number of thiazole rings is 1. The summed E-state index contributed by atoms with van der Waals surface area (Å²) in [6, 6.07) is 16.2. The summed E-state index contributed by atoms with van der Waals surface area (Å²) >= 11 is 1.34. The van der Waals surface area contributed by atoms with E-state index in [-0.39, 0.29) is 30.6 Å². The van der Waals surface area contributed by atoms with Gasteiger partial charge in [0.15, 0.2) is 5.13 Å². The van der Waals surface area contributed by atoms with Crippen LogP contribution in [0.3, 0.4) is 0 Å². The van der Waals surface area contributed by atoms with Crippen LogP contribution in [-0.4, -0.2) is 22.7 Å². The molecule has 1 aliphatic rings. The van der Waals surface area contributed by atoms with Crippen LogP contribution in [0.25, 0.3) is 11.3 Å². The van der Waals surface area contributed by atoms with E-state index in [0.717, 1.165) is 16.2 Å². The summed E-state index contributed by atoms with van der Waals surface area (Å²) in [6.07, 6.45) is 0.410. The summed E-state index contributed by atoms with van der Waals surface area (Å²) in [6.45, 7) is 0. The number of imide groups is 1. The van der Waals surface area contributed by atoms with Gasteiger partial charge in [0.1, 0.15) is 0 Å². The average molecular weight is 377 g/mol. The van der Waals surface area contributed by atoms with Crippen molar-refractivity contribution < 1.29 is 14.4 Å². The van der Waals surface area contributed by atoms with Gasteiger partial charge >= 0.3 is 0 Å². The first-order valence-corrected chi connectivity index (χ1v) is 9.28. The standard InChI is InChI=1S/C20H15N3O3S/c24-17-9-10-18(25)23(17)15-8-4-7-14(11-15)19(26)22-20-21-16(12-27-20)13-5-2-1-3-6-13/h1-8,11-12H,9-10H2,(H,21,22,26). The van der Waals surface area contributed by atoms with Crippen molar-refractivity contribution in [2.75, 3.05) is 10.2 Å². The number of rotatable bonds is 4. The van der Waals surface area contributed by atoms with E-state index >= 15 is 0 Å². The van der Waals surface area contributed by atoms with E-state index in [1.807, 2.05) is 35.7 Å². The Morgan fingerprint density at radius 3 is 2.48 bits per heavy atom. The molecule has 1 aromatic heterocycles. The third-order valence-corrected chi connectivity index (χ3v) is 4.97. The maximum atomic E-state index is 12.6. The number of anilines is 2. The topological polar surface area (TPSA) is 79.4 Å². The van der Waals surface area contributed by atoms with Crippen LogP contribution in [0.4, 0.5) is 10.8 Å². The molecule has 0 radical (unpaired) electrons. The van der Waals surface area contributed by atoms with Gasteiger partial charge in [-0.3, -0.25) is 24.6 Å². The lowest BCUT2D eigenvalue weighted by atomic mass is 10.1. The van der Waals surface area contributed by atoms with Gasteiger partial charge in [-0.25, -0.2) is 4.98 Å². The molecule has 4 rings (SSSR count). The minimum absolute atomic E-state index is 0.205. The second kappa shape index (κ2) is 7.13. The Kier molecular flexibility index (Phi) is 4.52. The molecule has 2 heterocycles. The Morgan fingerprint density at radius 1 is 1.00 bits per heavy atom. The minimum Gasteiger partial charge on any atom is -0.298 e. The predicted molar refractivity (Wildman–Crippen MR) is 104 cm³/mol. The average Bonchev–Trinajstić information content (AvgIpc) is 3.29. The van der Waals surface area contributed by atoms with Crippen molar-refractivity contribution in [3.8, 4) is 11.3 Å². The van der Waals surface area contributed by atoms with Crippen molar-refractivity contribution in [2.45, 2.75) is 12.8 Å². The second-order valence-electron chi connectivity index (χ2n) is 6.03. The third kappa shape index (κ3) is 3.50. The Balaban J connectivity index is 1.52. The van der Waals surface area contributed by atoms with Crippen LogP contribution in [0.2, 0.25) is 0 Å². The number of hydrogen-bond acceptors (Lipinski definition) is 5. The van der Waals surface area contributed by atoms with Crippen molar-refractivity contribution >= 4 is 39.9 Å². The quantitative estimate of drug-likeness (QED) is 0.703. The molecule has 1 saturated heterocycles. The van der Waals surface area contributed by atoms with Gasteiger partial charge in [0, 0.05) is 29.3 Å². The summed E-state index contributed by atoms with van der Waals surface area (Å²) in [5.74, 6) is -0.833. The Labute approximate surface area is 159 Å². The van der Waals surface area contributed by atoms with Crippen LogP contribution < -0.4 is 10.2 Å². The number of amides is 3. The number of carbonyl (C=O) groups excluding carboxylic acids is 3. The lowest BCUT2D eigenvalue weighted by Gasteiger charge is -2.14. The molecule has 3 amide bonds. The first-order valence-electron chi connectivity index (χ1n) is 8.40. The zero-order chi connectivity index (χ0) is 18.8. The molecule has 1 fully saturated rings. The lowest BCUT2D eigenvalue weighted by molar-refractivity contribution is -0.121. The first-order chi connectivity index (χ1) is 13.1. The number of hydrogen-bond donors (Lipinski definition) is 1. The van der Waals surface area contributed by atoms with Crippen LogP contribution in [0.1, 0.15) is 23.2 Å². The van der Waals surface area contributed by atoms with Crippen LogP contribution in [-0.2, 0) is 9.59 Å². The molecule has 1 N–H and O–H groups in total. The van der Waals surface area contributed by atoms with Crippen molar-refractivity contribution in [2.24, 2.45) is 0 Å². The molecule has 2 aromatic carbocycles. The molecule has 27 heavy (non-hydrogen) atoms. The smallest absolute Gasteiger partial charge is 0.257 e. The molecular weight excluding hydrogens is 362 g/mol. The first kappa shape index (κ1) is 17.1. The summed E-state index contributed by atoms with van der Waals surface area (Å²) in [7, 11) is 0. The molecule has 0 atom stereocenters. The normalized spacial score (nSPS) is 13.9. The van der Waals surface area contributed by atoms with Gasteiger partial charge in [-0.2, -0.15) is 0 Å². The maximum absolute atomic E-state index is 12.6. The van der Waals surface area contributed by atoms with E-state index in [1.54, 1.807) is 24.3 Å². The van der Waals surface area contributed by atoms with E-state index in [2.05, 4.69) is 10.3 Å². The van der Waals surface area contributed by atoms with Crippen molar-refractivity contribution in [1.29, 1.82) is 0 Å². The number of carbonyl (C=O) groups is 3. The molecule has 0 saturated carbocycles. The third-order valence-electron chi connectivity index (χ3n) is 4.21. The van der Waals surface area contributed by atoms with E-state index in [0.29, 0.717) is 16.4 Å². The van der Waals surface area contributed by atoms with Gasteiger partial charge < -0.3 is 0 Å². The highest BCUT2D eigenvalue weighted by molar-refractivity contribution is 7.14. The zero-order valence-electron chi connectivity index (χ0n) is 14.2. The SMILES string of the molecule is O=C(Nc1nc(-c2ccccc2)cs1)c1cccc(N2C(=O)CCC2=O)c1. The van der Waals surface area contributed by atoms with Gasteiger partial charge in [-0.1, -0.05) is 36.4 Å². The van der Waals surface area contributed by atoms with Crippen LogP contribution >= 0.6 is 11.3 Å². The van der Waals surface area contributed by atoms with Gasteiger partial charge in [0.2, 0.25) is 11.8 Å². The molecule has 0 spiro atoms. The van der Waals surface area contributed by atoms with E-state index in [1.165, 1.54) is 11.3 Å². The van der Waals surface area contributed by atoms with Crippen molar-refractivity contribution in [1.82, 2.24) is 4.98 Å². The zero-order valence-corrected chi connectivity index (χ0v) is 15.0. The lowest BCUT2D eigenvalue weighted by Crippen LogP contribution is -2.28.